The van der Waals surface area contributed by atoms with Gasteiger partial charge in [0.25, 0.3) is 0 Å². The molecule has 6 heteroatoms. The molecule has 0 unspecified atom stereocenters. The lowest BCUT2D eigenvalue weighted by Gasteiger charge is -2.36. The van der Waals surface area contributed by atoms with Gasteiger partial charge in [-0.2, -0.15) is 0 Å². The number of carbonyl (C=O) groups excluding carboxylic acids is 2. The first-order valence-corrected chi connectivity index (χ1v) is 5.84. The van der Waals surface area contributed by atoms with E-state index in [1.807, 2.05) is 0 Å². The molecule has 1 N–H and O–H groups in total. The Hall–Kier alpha value is -1.82. The van der Waals surface area contributed by atoms with E-state index in [4.69, 9.17) is 0 Å². The van der Waals surface area contributed by atoms with E-state index in [9.17, 15) is 18.4 Å². The Morgan fingerprint density at radius 1 is 1.21 bits per heavy atom. The van der Waals surface area contributed by atoms with Crippen molar-refractivity contribution < 1.29 is 18.4 Å². The molecule has 0 saturated carbocycles. The maximum absolute atomic E-state index is 13.1. The Morgan fingerprint density at radius 2 is 1.79 bits per heavy atom. The quantitative estimate of drug-likeness (QED) is 0.820. The smallest absolute Gasteiger partial charge is 0.249 e. The second kappa shape index (κ2) is 4.70. The molecule has 19 heavy (non-hydrogen) atoms. The largest absolute Gasteiger partial charge is 0.295 e. The van der Waals surface area contributed by atoms with Crippen molar-refractivity contribution in [2.75, 3.05) is 6.54 Å². The minimum atomic E-state index is -0.861. The van der Waals surface area contributed by atoms with Crippen molar-refractivity contribution in [3.63, 3.8) is 0 Å². The molecule has 0 bridgehead atoms. The van der Waals surface area contributed by atoms with E-state index >= 15 is 0 Å². The number of hydrogen-bond donors (Lipinski definition) is 1. The third-order valence-corrected chi connectivity index (χ3v) is 3.03. The minimum absolute atomic E-state index is 0.0243. The first kappa shape index (κ1) is 13.6. The van der Waals surface area contributed by atoms with E-state index in [-0.39, 0.29) is 18.7 Å². The molecule has 1 fully saturated rings. The van der Waals surface area contributed by atoms with Crippen LogP contribution in [-0.2, 0) is 16.1 Å². The molecule has 1 aliphatic rings. The van der Waals surface area contributed by atoms with Gasteiger partial charge in [0.2, 0.25) is 11.8 Å². The molecule has 1 saturated heterocycles. The number of nitrogens with zero attached hydrogens (tertiary/aromatic N) is 1. The molecule has 0 spiro atoms. The maximum Gasteiger partial charge on any atom is 0.249 e. The summed E-state index contributed by atoms with van der Waals surface area (Å²) in [5.41, 5.74) is -0.614. The van der Waals surface area contributed by atoms with Gasteiger partial charge in [-0.1, -0.05) is 0 Å². The summed E-state index contributed by atoms with van der Waals surface area (Å²) in [7, 11) is 0. The fraction of sp³-hybridized carbons (Fsp3) is 0.385. The van der Waals surface area contributed by atoms with Gasteiger partial charge in [0.1, 0.15) is 11.6 Å². The van der Waals surface area contributed by atoms with Crippen LogP contribution in [0, 0.1) is 11.6 Å². The Labute approximate surface area is 109 Å². The Bertz CT molecular complexity index is 523. The van der Waals surface area contributed by atoms with Gasteiger partial charge in [-0.3, -0.25) is 19.8 Å². The normalized spacial score (nSPS) is 18.8. The van der Waals surface area contributed by atoms with Crippen molar-refractivity contribution in [1.29, 1.82) is 0 Å². The second-order valence-electron chi connectivity index (χ2n) is 5.04. The van der Waals surface area contributed by atoms with Gasteiger partial charge < -0.3 is 0 Å². The fourth-order valence-electron chi connectivity index (χ4n) is 1.96. The molecule has 1 aromatic carbocycles. The topological polar surface area (TPSA) is 49.4 Å². The van der Waals surface area contributed by atoms with Crippen LogP contribution in [0.5, 0.6) is 0 Å². The summed E-state index contributed by atoms with van der Waals surface area (Å²) in [4.78, 5) is 24.8. The Morgan fingerprint density at radius 3 is 2.37 bits per heavy atom. The highest BCUT2D eigenvalue weighted by Crippen LogP contribution is 2.17. The van der Waals surface area contributed by atoms with Gasteiger partial charge in [-0.25, -0.2) is 8.78 Å². The van der Waals surface area contributed by atoms with E-state index in [0.29, 0.717) is 0 Å². The third-order valence-electron chi connectivity index (χ3n) is 3.03. The lowest BCUT2D eigenvalue weighted by molar-refractivity contribution is -0.153. The zero-order valence-electron chi connectivity index (χ0n) is 10.7. The number of benzene rings is 1. The van der Waals surface area contributed by atoms with Gasteiger partial charge in [0, 0.05) is 6.07 Å². The molecule has 0 atom stereocenters. The van der Waals surface area contributed by atoms with Crippen molar-refractivity contribution in [3.8, 4) is 0 Å². The lowest BCUT2D eigenvalue weighted by atomic mass is 10.00. The number of amides is 2. The highest BCUT2D eigenvalue weighted by Gasteiger charge is 2.39. The number of imide groups is 1. The predicted molar refractivity (Wildman–Crippen MR) is 64.0 cm³/mol. The number of halogens is 2. The van der Waals surface area contributed by atoms with Gasteiger partial charge in [0.15, 0.2) is 0 Å². The molecule has 0 radical (unpaired) electrons. The molecule has 4 nitrogen and oxygen atoms in total. The summed E-state index contributed by atoms with van der Waals surface area (Å²) in [6.45, 7) is 3.20. The van der Waals surface area contributed by atoms with Crippen LogP contribution in [-0.4, -0.2) is 28.8 Å². The van der Waals surface area contributed by atoms with Gasteiger partial charge in [-0.15, -0.1) is 0 Å². The standard InChI is InChI=1S/C13H14F2N2O2/c1-13(2)12(19)17(11(18)6-16-13)7-8-3-9(14)5-10(15)4-8/h3-5,16H,6-7H2,1-2H3. The molecule has 102 valence electrons. The van der Waals surface area contributed by atoms with E-state index in [0.717, 1.165) is 23.1 Å². The van der Waals surface area contributed by atoms with Gasteiger partial charge in [-0.05, 0) is 31.5 Å². The van der Waals surface area contributed by atoms with Crippen LogP contribution in [0.4, 0.5) is 8.78 Å². The van der Waals surface area contributed by atoms with Crippen LogP contribution in [0.3, 0.4) is 0 Å². The highest BCUT2D eigenvalue weighted by atomic mass is 19.1. The van der Waals surface area contributed by atoms with Crippen LogP contribution >= 0.6 is 0 Å². The fourth-order valence-corrected chi connectivity index (χ4v) is 1.96. The first-order valence-electron chi connectivity index (χ1n) is 5.84. The van der Waals surface area contributed by atoms with Crippen molar-refractivity contribution >= 4 is 11.8 Å². The van der Waals surface area contributed by atoms with Crippen LogP contribution in [0.25, 0.3) is 0 Å². The third kappa shape index (κ3) is 2.78. The molecule has 1 heterocycles. The lowest BCUT2D eigenvalue weighted by Crippen LogP contribution is -2.63. The molecule has 0 aliphatic carbocycles. The summed E-state index contributed by atoms with van der Waals surface area (Å²) in [6.07, 6.45) is 0. The SMILES string of the molecule is CC1(C)NCC(=O)N(Cc2cc(F)cc(F)c2)C1=O. The Balaban J connectivity index is 2.25. The zero-order chi connectivity index (χ0) is 14.2. The number of hydrogen-bond acceptors (Lipinski definition) is 3. The molecule has 1 aliphatic heterocycles. The number of rotatable bonds is 2. The molecule has 2 rings (SSSR count). The van der Waals surface area contributed by atoms with Crippen molar-refractivity contribution in [1.82, 2.24) is 10.2 Å². The monoisotopic (exact) mass is 268 g/mol. The van der Waals surface area contributed by atoms with Crippen LogP contribution < -0.4 is 5.32 Å². The van der Waals surface area contributed by atoms with E-state index in [1.54, 1.807) is 13.8 Å². The second-order valence-corrected chi connectivity index (χ2v) is 5.04. The van der Waals surface area contributed by atoms with E-state index in [2.05, 4.69) is 5.32 Å². The van der Waals surface area contributed by atoms with E-state index in [1.165, 1.54) is 0 Å². The molecular weight excluding hydrogens is 254 g/mol. The van der Waals surface area contributed by atoms with Crippen molar-refractivity contribution in [2.45, 2.75) is 25.9 Å². The molecule has 1 aromatic rings. The molecule has 0 aromatic heterocycles. The molecular formula is C13H14F2N2O2. The van der Waals surface area contributed by atoms with Crippen molar-refractivity contribution in [2.24, 2.45) is 0 Å². The van der Waals surface area contributed by atoms with Gasteiger partial charge in [0.05, 0.1) is 18.6 Å². The van der Waals surface area contributed by atoms with Crippen LogP contribution in [0.1, 0.15) is 19.4 Å². The highest BCUT2D eigenvalue weighted by molar-refractivity contribution is 6.02. The van der Waals surface area contributed by atoms with Crippen LogP contribution in [0.2, 0.25) is 0 Å². The minimum Gasteiger partial charge on any atom is -0.295 e. The van der Waals surface area contributed by atoms with Gasteiger partial charge >= 0.3 is 0 Å². The van der Waals surface area contributed by atoms with Crippen molar-refractivity contribution in [3.05, 3.63) is 35.4 Å². The average molecular weight is 268 g/mol. The molecule has 2 amide bonds. The summed E-state index contributed by atoms with van der Waals surface area (Å²) in [5.74, 6) is -2.28. The number of nitrogens with one attached hydrogen (secondary N) is 1. The predicted octanol–water partition coefficient (Wildman–Crippen LogP) is 1.20. The van der Waals surface area contributed by atoms with Crippen LogP contribution in [0.15, 0.2) is 18.2 Å². The number of carbonyl (C=O) groups is 2. The number of piperazine rings is 1. The average Bonchev–Trinajstić information content (AvgIpc) is 2.29. The first-order chi connectivity index (χ1) is 8.79. The zero-order valence-corrected chi connectivity index (χ0v) is 10.7. The summed E-state index contributed by atoms with van der Waals surface area (Å²) >= 11 is 0. The Kier molecular flexibility index (Phi) is 3.36. The maximum atomic E-state index is 13.1. The summed E-state index contributed by atoms with van der Waals surface area (Å²) < 4.78 is 26.2. The summed E-state index contributed by atoms with van der Waals surface area (Å²) in [6, 6.07) is 2.96. The summed E-state index contributed by atoms with van der Waals surface area (Å²) in [5, 5.41) is 2.81. The van der Waals surface area contributed by atoms with E-state index < -0.39 is 29.0 Å².